The number of hydrogen-bond acceptors (Lipinski definition) is 4. The zero-order valence-electron chi connectivity index (χ0n) is 21.2. The first-order chi connectivity index (χ1) is 16.8. The van der Waals surface area contributed by atoms with Crippen molar-refractivity contribution in [2.75, 3.05) is 19.6 Å². The Bertz CT molecular complexity index is 924. The predicted molar refractivity (Wildman–Crippen MR) is 134 cm³/mol. The summed E-state index contributed by atoms with van der Waals surface area (Å²) >= 11 is 0. The Kier molecular flexibility index (Phi) is 8.58. The van der Waals surface area contributed by atoms with E-state index >= 15 is 0 Å². The van der Waals surface area contributed by atoms with Crippen LogP contribution in [0.4, 0.5) is 4.39 Å². The van der Waals surface area contributed by atoms with Crippen molar-refractivity contribution in [1.29, 1.82) is 0 Å². The second-order valence-corrected chi connectivity index (χ2v) is 11.0. The van der Waals surface area contributed by atoms with E-state index in [1.165, 1.54) is 6.07 Å². The molecule has 1 aromatic rings. The molecule has 192 valence electrons. The van der Waals surface area contributed by atoms with Crippen LogP contribution in [-0.4, -0.2) is 54.2 Å². The monoisotopic (exact) mass is 485 g/mol. The highest BCUT2D eigenvalue weighted by atomic mass is 19.1. The number of piperidine rings is 1. The summed E-state index contributed by atoms with van der Waals surface area (Å²) in [4.78, 5) is 40.7. The van der Waals surface area contributed by atoms with Crippen LogP contribution in [0.25, 0.3) is 0 Å². The van der Waals surface area contributed by atoms with E-state index in [0.717, 1.165) is 69.9 Å². The maximum absolute atomic E-state index is 14.8. The Balaban J connectivity index is 1.45. The minimum absolute atomic E-state index is 0.0151. The van der Waals surface area contributed by atoms with Crippen molar-refractivity contribution in [2.24, 2.45) is 11.8 Å². The molecule has 2 atom stereocenters. The zero-order chi connectivity index (χ0) is 24.9. The highest BCUT2D eigenvalue weighted by Crippen LogP contribution is 2.30. The zero-order valence-corrected chi connectivity index (χ0v) is 21.2. The molecule has 7 heteroatoms. The van der Waals surface area contributed by atoms with E-state index in [0.29, 0.717) is 19.1 Å². The molecule has 35 heavy (non-hydrogen) atoms. The van der Waals surface area contributed by atoms with Crippen LogP contribution in [0.1, 0.15) is 93.5 Å². The van der Waals surface area contributed by atoms with E-state index in [9.17, 15) is 18.8 Å². The van der Waals surface area contributed by atoms with Gasteiger partial charge in [0.25, 0.3) is 5.91 Å². The molecule has 4 rings (SSSR count). The molecule has 0 spiro atoms. The maximum atomic E-state index is 14.8. The lowest BCUT2D eigenvalue weighted by Crippen LogP contribution is -2.48. The van der Waals surface area contributed by atoms with Gasteiger partial charge in [-0.25, -0.2) is 4.39 Å². The van der Waals surface area contributed by atoms with Gasteiger partial charge in [0.2, 0.25) is 5.91 Å². The smallest absolute Gasteiger partial charge is 0.254 e. The number of rotatable bonds is 9. The van der Waals surface area contributed by atoms with Crippen molar-refractivity contribution in [3.05, 3.63) is 35.1 Å². The molecule has 6 nitrogen and oxygen atoms in total. The van der Waals surface area contributed by atoms with Gasteiger partial charge in [0, 0.05) is 31.0 Å². The molecular formula is C28H40FN3O3. The summed E-state index contributed by atoms with van der Waals surface area (Å²) in [5.74, 6) is -1.01. The average molecular weight is 486 g/mol. The van der Waals surface area contributed by atoms with Gasteiger partial charge in [-0.3, -0.25) is 14.4 Å². The lowest BCUT2D eigenvalue weighted by molar-refractivity contribution is -0.131. The van der Waals surface area contributed by atoms with Crippen LogP contribution in [0.5, 0.6) is 0 Å². The normalized spacial score (nSPS) is 22.2. The van der Waals surface area contributed by atoms with Gasteiger partial charge in [-0.15, -0.1) is 0 Å². The first kappa shape index (κ1) is 25.8. The van der Waals surface area contributed by atoms with Crippen molar-refractivity contribution in [2.45, 2.75) is 89.6 Å². The highest BCUT2D eigenvalue weighted by molar-refractivity contribution is 5.98. The third kappa shape index (κ3) is 6.69. The van der Waals surface area contributed by atoms with Crippen LogP contribution in [0.3, 0.4) is 0 Å². The Labute approximate surface area is 208 Å². The van der Waals surface area contributed by atoms with E-state index < -0.39 is 17.8 Å². The standard InChI is InChI=1S/C28H40FN3O3/c1-18(2)27(34)26(19-7-4-3-5-8-19)31-28(35)23-15-20(10-13-24(23)29)21-9-6-14-32(17-21)25(33)16-30-22-11-12-22/h10,13,15,18-19,21-22,26,30H,3-9,11-12,14,16-17H2,1-2H3,(H,31,35). The number of carbonyl (C=O) groups excluding carboxylic acids is 3. The molecule has 1 aromatic carbocycles. The SMILES string of the molecule is CC(C)C(=O)C(NC(=O)c1cc(C2CCCN(C(=O)CNC3CC3)C2)ccc1F)C1CCCCC1. The molecule has 2 unspecified atom stereocenters. The van der Waals surface area contributed by atoms with E-state index in [2.05, 4.69) is 10.6 Å². The minimum atomic E-state index is -0.581. The number of nitrogens with one attached hydrogen (secondary N) is 2. The predicted octanol–water partition coefficient (Wildman–Crippen LogP) is 4.19. The third-order valence-electron chi connectivity index (χ3n) is 7.88. The van der Waals surface area contributed by atoms with Gasteiger partial charge in [0.05, 0.1) is 18.2 Å². The highest BCUT2D eigenvalue weighted by Gasteiger charge is 2.33. The summed E-state index contributed by atoms with van der Waals surface area (Å²) in [6, 6.07) is 4.61. The summed E-state index contributed by atoms with van der Waals surface area (Å²) in [6.07, 6.45) is 9.14. The summed E-state index contributed by atoms with van der Waals surface area (Å²) < 4.78 is 14.8. The molecule has 0 radical (unpaired) electrons. The summed E-state index contributed by atoms with van der Waals surface area (Å²) in [5, 5.41) is 6.19. The van der Waals surface area contributed by atoms with Crippen LogP contribution in [0.2, 0.25) is 0 Å². The van der Waals surface area contributed by atoms with Gasteiger partial charge >= 0.3 is 0 Å². The third-order valence-corrected chi connectivity index (χ3v) is 7.88. The fourth-order valence-corrected chi connectivity index (χ4v) is 5.54. The van der Waals surface area contributed by atoms with Gasteiger partial charge in [-0.05, 0) is 62.1 Å². The number of ketones is 1. The average Bonchev–Trinajstić information content (AvgIpc) is 3.70. The fraction of sp³-hybridized carbons (Fsp3) is 0.679. The summed E-state index contributed by atoms with van der Waals surface area (Å²) in [5.41, 5.74) is 0.854. The molecule has 2 amide bonds. The molecule has 1 aliphatic heterocycles. The van der Waals surface area contributed by atoms with Crippen molar-refractivity contribution in [3.8, 4) is 0 Å². The van der Waals surface area contributed by atoms with E-state index in [4.69, 9.17) is 0 Å². The van der Waals surface area contributed by atoms with Gasteiger partial charge in [-0.2, -0.15) is 0 Å². The Morgan fingerprint density at radius 3 is 2.46 bits per heavy atom. The second-order valence-electron chi connectivity index (χ2n) is 11.0. The fourth-order valence-electron chi connectivity index (χ4n) is 5.54. The molecule has 0 aromatic heterocycles. The van der Waals surface area contributed by atoms with E-state index in [-0.39, 0.29) is 35.0 Å². The number of Topliss-reactive ketones (excluding diaryl/α,β-unsaturated/α-hetero) is 1. The number of nitrogens with zero attached hydrogens (tertiary/aromatic N) is 1. The largest absolute Gasteiger partial charge is 0.342 e. The minimum Gasteiger partial charge on any atom is -0.342 e. The number of halogens is 1. The summed E-state index contributed by atoms with van der Waals surface area (Å²) in [6.45, 7) is 5.37. The first-order valence-electron chi connectivity index (χ1n) is 13.5. The van der Waals surface area contributed by atoms with E-state index in [1.807, 2.05) is 18.7 Å². The van der Waals surface area contributed by atoms with Gasteiger partial charge in [0.15, 0.2) is 5.78 Å². The first-order valence-corrected chi connectivity index (χ1v) is 13.5. The lowest BCUT2D eigenvalue weighted by atomic mass is 9.80. The topological polar surface area (TPSA) is 78.5 Å². The number of carbonyl (C=O) groups is 3. The second kappa shape index (κ2) is 11.6. The van der Waals surface area contributed by atoms with Crippen molar-refractivity contribution < 1.29 is 18.8 Å². The molecule has 2 aliphatic carbocycles. The lowest BCUT2D eigenvalue weighted by Gasteiger charge is -2.33. The van der Waals surface area contributed by atoms with Gasteiger partial charge in [-0.1, -0.05) is 39.2 Å². The van der Waals surface area contributed by atoms with Crippen molar-refractivity contribution in [1.82, 2.24) is 15.5 Å². The maximum Gasteiger partial charge on any atom is 0.254 e. The molecule has 1 heterocycles. The van der Waals surface area contributed by atoms with E-state index in [1.54, 1.807) is 12.1 Å². The number of hydrogen-bond donors (Lipinski definition) is 2. The Morgan fingerprint density at radius 1 is 1.03 bits per heavy atom. The van der Waals surface area contributed by atoms with Gasteiger partial charge in [0.1, 0.15) is 5.82 Å². The molecule has 2 saturated carbocycles. The molecule has 2 N–H and O–H groups in total. The van der Waals surface area contributed by atoms with Crippen LogP contribution in [0, 0.1) is 17.7 Å². The van der Waals surface area contributed by atoms with Crippen LogP contribution in [-0.2, 0) is 9.59 Å². The van der Waals surface area contributed by atoms with Crippen LogP contribution < -0.4 is 10.6 Å². The Morgan fingerprint density at radius 2 is 1.77 bits per heavy atom. The van der Waals surface area contributed by atoms with Crippen LogP contribution >= 0.6 is 0 Å². The number of likely N-dealkylation sites (tertiary alicyclic amines) is 1. The number of benzene rings is 1. The van der Waals surface area contributed by atoms with Crippen molar-refractivity contribution >= 4 is 17.6 Å². The van der Waals surface area contributed by atoms with Crippen molar-refractivity contribution in [3.63, 3.8) is 0 Å². The molecule has 3 aliphatic rings. The Hall–Kier alpha value is -2.28. The molecule has 1 saturated heterocycles. The quantitative estimate of drug-likeness (QED) is 0.550. The summed E-state index contributed by atoms with van der Waals surface area (Å²) in [7, 11) is 0. The van der Waals surface area contributed by atoms with Crippen LogP contribution in [0.15, 0.2) is 18.2 Å². The molecular weight excluding hydrogens is 445 g/mol. The van der Waals surface area contributed by atoms with Gasteiger partial charge < -0.3 is 15.5 Å². The molecule has 0 bridgehead atoms. The number of amides is 2. The molecule has 3 fully saturated rings.